The summed E-state index contributed by atoms with van der Waals surface area (Å²) in [6.07, 6.45) is 0. The number of fused-ring (bicyclic) bond motifs is 8. The van der Waals surface area contributed by atoms with Gasteiger partial charge in [-0.05, 0) is 92.2 Å². The van der Waals surface area contributed by atoms with Crippen molar-refractivity contribution in [1.29, 1.82) is 0 Å². The lowest BCUT2D eigenvalue weighted by molar-refractivity contribution is 0.673. The van der Waals surface area contributed by atoms with E-state index in [2.05, 4.69) is 193 Å². The fourth-order valence-corrected chi connectivity index (χ4v) is 7.67. The molecule has 0 fully saturated rings. The standard InChI is InChI=1S/C48H31NO/c1-2-13-37(14-3-1)49(38-27-23-32(24-28-38)35-26-29-40-36(31-35)22-21-33-11-4-6-15-39(33)40)45-19-9-8-17-42(45)43-18-10-20-46-47(43)44-30-25-34-12-5-7-16-41(34)48(44)50-46/h1-31H. The average Bonchev–Trinajstić information content (AvgIpc) is 3.58. The highest BCUT2D eigenvalue weighted by Crippen LogP contribution is 2.45. The van der Waals surface area contributed by atoms with E-state index in [0.717, 1.165) is 55.5 Å². The van der Waals surface area contributed by atoms with Gasteiger partial charge >= 0.3 is 0 Å². The Hall–Kier alpha value is -6.64. The molecule has 1 heterocycles. The molecular formula is C48H31NO. The molecule has 0 amide bonds. The number of benzene rings is 9. The van der Waals surface area contributed by atoms with Gasteiger partial charge in [-0.1, -0.05) is 140 Å². The summed E-state index contributed by atoms with van der Waals surface area (Å²) in [6.45, 7) is 0. The lowest BCUT2D eigenvalue weighted by Gasteiger charge is -2.28. The van der Waals surface area contributed by atoms with Crippen molar-refractivity contribution < 1.29 is 4.42 Å². The summed E-state index contributed by atoms with van der Waals surface area (Å²) >= 11 is 0. The number of hydrogen-bond acceptors (Lipinski definition) is 2. The highest BCUT2D eigenvalue weighted by atomic mass is 16.3. The van der Waals surface area contributed by atoms with Gasteiger partial charge in [-0.15, -0.1) is 0 Å². The lowest BCUT2D eigenvalue weighted by Crippen LogP contribution is -2.11. The van der Waals surface area contributed by atoms with Crippen LogP contribution in [-0.2, 0) is 0 Å². The number of anilines is 3. The van der Waals surface area contributed by atoms with Crippen LogP contribution in [0.2, 0.25) is 0 Å². The van der Waals surface area contributed by atoms with E-state index in [1.54, 1.807) is 0 Å². The maximum Gasteiger partial charge on any atom is 0.143 e. The summed E-state index contributed by atoms with van der Waals surface area (Å²) in [7, 11) is 0. The van der Waals surface area contributed by atoms with Crippen LogP contribution in [0.1, 0.15) is 0 Å². The molecule has 0 atom stereocenters. The van der Waals surface area contributed by atoms with Crippen LogP contribution in [-0.4, -0.2) is 0 Å². The molecule has 2 nitrogen and oxygen atoms in total. The zero-order valence-electron chi connectivity index (χ0n) is 27.3. The molecule has 0 saturated heterocycles. The van der Waals surface area contributed by atoms with Crippen LogP contribution in [0.15, 0.2) is 192 Å². The van der Waals surface area contributed by atoms with E-state index in [1.165, 1.54) is 38.1 Å². The van der Waals surface area contributed by atoms with Gasteiger partial charge in [-0.2, -0.15) is 0 Å². The van der Waals surface area contributed by atoms with Crippen molar-refractivity contribution in [2.45, 2.75) is 0 Å². The van der Waals surface area contributed by atoms with Gasteiger partial charge in [-0.25, -0.2) is 0 Å². The zero-order chi connectivity index (χ0) is 33.0. The topological polar surface area (TPSA) is 16.4 Å². The Labute approximate surface area is 290 Å². The third-order valence-electron chi connectivity index (χ3n) is 10.0. The first kappa shape index (κ1) is 28.4. The van der Waals surface area contributed by atoms with Gasteiger partial charge in [0.05, 0.1) is 5.69 Å². The second-order valence-electron chi connectivity index (χ2n) is 12.9. The molecule has 0 bridgehead atoms. The molecular weight excluding hydrogens is 607 g/mol. The molecule has 0 aliphatic rings. The van der Waals surface area contributed by atoms with E-state index in [4.69, 9.17) is 4.42 Å². The summed E-state index contributed by atoms with van der Waals surface area (Å²) < 4.78 is 6.59. The molecule has 1 aromatic heterocycles. The maximum absolute atomic E-state index is 6.59. The SMILES string of the molecule is c1ccc(N(c2ccc(-c3ccc4c(ccc5ccccc54)c3)cc2)c2ccccc2-c2cccc3oc4c5ccccc5ccc4c23)cc1. The Morgan fingerprint density at radius 2 is 0.960 bits per heavy atom. The van der Waals surface area contributed by atoms with Crippen LogP contribution in [0, 0.1) is 0 Å². The molecule has 9 aromatic carbocycles. The molecule has 0 aliphatic heterocycles. The quantitative estimate of drug-likeness (QED) is 0.175. The molecule has 50 heavy (non-hydrogen) atoms. The first-order chi connectivity index (χ1) is 24.8. The van der Waals surface area contributed by atoms with Gasteiger partial charge in [0.25, 0.3) is 0 Å². The maximum atomic E-state index is 6.59. The monoisotopic (exact) mass is 637 g/mol. The minimum absolute atomic E-state index is 0.891. The van der Waals surface area contributed by atoms with Crippen LogP contribution in [0.4, 0.5) is 17.1 Å². The summed E-state index contributed by atoms with van der Waals surface area (Å²) in [4.78, 5) is 2.36. The first-order valence-corrected chi connectivity index (χ1v) is 17.1. The summed E-state index contributed by atoms with van der Waals surface area (Å²) in [6, 6.07) is 67.4. The van der Waals surface area contributed by atoms with E-state index < -0.39 is 0 Å². The van der Waals surface area contributed by atoms with Crippen molar-refractivity contribution in [3.05, 3.63) is 188 Å². The molecule has 0 aliphatic carbocycles. The Kier molecular flexibility index (Phi) is 6.53. The minimum Gasteiger partial charge on any atom is -0.455 e. The summed E-state index contributed by atoms with van der Waals surface area (Å²) in [5.41, 5.74) is 9.80. The summed E-state index contributed by atoms with van der Waals surface area (Å²) in [5.74, 6) is 0. The van der Waals surface area contributed by atoms with E-state index >= 15 is 0 Å². The van der Waals surface area contributed by atoms with E-state index in [-0.39, 0.29) is 0 Å². The van der Waals surface area contributed by atoms with Crippen LogP contribution in [0.5, 0.6) is 0 Å². The predicted octanol–water partition coefficient (Wildman–Crippen LogP) is 13.8. The Morgan fingerprint density at radius 3 is 1.82 bits per heavy atom. The fraction of sp³-hybridized carbons (Fsp3) is 0. The third-order valence-corrected chi connectivity index (χ3v) is 10.0. The predicted molar refractivity (Wildman–Crippen MR) is 212 cm³/mol. The van der Waals surface area contributed by atoms with E-state index in [9.17, 15) is 0 Å². The van der Waals surface area contributed by atoms with Gasteiger partial charge < -0.3 is 9.32 Å². The van der Waals surface area contributed by atoms with Crippen molar-refractivity contribution in [1.82, 2.24) is 0 Å². The van der Waals surface area contributed by atoms with Gasteiger partial charge in [0, 0.05) is 33.1 Å². The highest BCUT2D eigenvalue weighted by molar-refractivity contribution is 6.19. The Morgan fingerprint density at radius 1 is 0.360 bits per heavy atom. The number of nitrogens with zero attached hydrogens (tertiary/aromatic N) is 1. The Bertz CT molecular complexity index is 2870. The van der Waals surface area contributed by atoms with Gasteiger partial charge in [0.2, 0.25) is 0 Å². The Balaban J connectivity index is 1.11. The second kappa shape index (κ2) is 11.5. The van der Waals surface area contributed by atoms with Crippen molar-refractivity contribution in [3.8, 4) is 22.3 Å². The van der Waals surface area contributed by atoms with Gasteiger partial charge in [0.15, 0.2) is 0 Å². The number of furan rings is 1. The molecule has 2 heteroatoms. The summed E-state index contributed by atoms with van der Waals surface area (Å²) in [5, 5.41) is 9.66. The molecule has 10 rings (SSSR count). The second-order valence-corrected chi connectivity index (χ2v) is 12.9. The fourth-order valence-electron chi connectivity index (χ4n) is 7.67. The molecule has 0 N–H and O–H groups in total. The van der Waals surface area contributed by atoms with Crippen molar-refractivity contribution in [2.24, 2.45) is 0 Å². The average molecular weight is 638 g/mol. The number of para-hydroxylation sites is 2. The zero-order valence-corrected chi connectivity index (χ0v) is 27.3. The molecule has 234 valence electrons. The molecule has 0 radical (unpaired) electrons. The van der Waals surface area contributed by atoms with E-state index in [1.807, 2.05) is 0 Å². The van der Waals surface area contributed by atoms with Gasteiger partial charge in [-0.3, -0.25) is 0 Å². The van der Waals surface area contributed by atoms with Crippen molar-refractivity contribution in [2.75, 3.05) is 4.90 Å². The molecule has 0 saturated carbocycles. The van der Waals surface area contributed by atoms with Crippen LogP contribution < -0.4 is 4.90 Å². The number of rotatable bonds is 5. The third kappa shape index (κ3) is 4.57. The van der Waals surface area contributed by atoms with Crippen LogP contribution in [0.25, 0.3) is 76.5 Å². The molecule has 0 spiro atoms. The van der Waals surface area contributed by atoms with E-state index in [0.29, 0.717) is 0 Å². The minimum atomic E-state index is 0.891. The normalized spacial score (nSPS) is 11.6. The van der Waals surface area contributed by atoms with Crippen LogP contribution >= 0.6 is 0 Å². The molecule has 0 unspecified atom stereocenters. The smallest absolute Gasteiger partial charge is 0.143 e. The van der Waals surface area contributed by atoms with Crippen LogP contribution in [0.3, 0.4) is 0 Å². The van der Waals surface area contributed by atoms with Crippen molar-refractivity contribution >= 4 is 71.3 Å². The molecule has 10 aromatic rings. The van der Waals surface area contributed by atoms with Gasteiger partial charge in [0.1, 0.15) is 11.2 Å². The lowest BCUT2D eigenvalue weighted by atomic mass is 9.95. The largest absolute Gasteiger partial charge is 0.455 e. The first-order valence-electron chi connectivity index (χ1n) is 17.1. The van der Waals surface area contributed by atoms with Crippen molar-refractivity contribution in [3.63, 3.8) is 0 Å². The number of hydrogen-bond donors (Lipinski definition) is 0. The highest BCUT2D eigenvalue weighted by Gasteiger charge is 2.21.